The molecule has 21 heavy (non-hydrogen) atoms. The third kappa shape index (κ3) is 1.82. The Kier molecular flexibility index (Phi) is 2.83. The van der Waals surface area contributed by atoms with Crippen LogP contribution in [0.15, 0.2) is 28.6 Å². The molecular weight excluding hydrogens is 264 g/mol. The van der Waals surface area contributed by atoms with E-state index in [1.54, 1.807) is 0 Å². The van der Waals surface area contributed by atoms with Gasteiger partial charge in [0.25, 0.3) is 5.91 Å². The summed E-state index contributed by atoms with van der Waals surface area (Å²) in [6, 6.07) is 0.400. The first-order valence-corrected chi connectivity index (χ1v) is 8.03. The van der Waals surface area contributed by atoms with Crippen LogP contribution in [0.4, 0.5) is 0 Å². The minimum atomic E-state index is 0.121. The van der Waals surface area contributed by atoms with E-state index in [1.165, 1.54) is 0 Å². The van der Waals surface area contributed by atoms with E-state index in [0.29, 0.717) is 17.5 Å². The zero-order valence-electron chi connectivity index (χ0n) is 12.4. The smallest absolute Gasteiger partial charge is 0.270 e. The molecule has 3 heterocycles. The molecule has 4 heteroatoms. The van der Waals surface area contributed by atoms with Gasteiger partial charge in [-0.3, -0.25) is 4.79 Å². The molecule has 3 aliphatic heterocycles. The Morgan fingerprint density at radius 1 is 1.33 bits per heavy atom. The lowest BCUT2D eigenvalue weighted by molar-refractivity contribution is -0.132. The van der Waals surface area contributed by atoms with Gasteiger partial charge in [-0.15, -0.1) is 0 Å². The maximum atomic E-state index is 12.9. The quantitative estimate of drug-likeness (QED) is 0.745. The predicted octanol–water partition coefficient (Wildman–Crippen LogP) is 2.02. The molecule has 110 valence electrons. The van der Waals surface area contributed by atoms with Crippen LogP contribution in [0.2, 0.25) is 0 Å². The highest BCUT2D eigenvalue weighted by Gasteiger charge is 2.47. The van der Waals surface area contributed by atoms with Gasteiger partial charge < -0.3 is 9.80 Å². The molecule has 1 unspecified atom stereocenters. The number of rotatable bonds is 3. The maximum absolute atomic E-state index is 12.9. The molecule has 4 aliphatic rings. The number of amides is 1. The van der Waals surface area contributed by atoms with Gasteiger partial charge in [0.05, 0.1) is 11.6 Å². The van der Waals surface area contributed by atoms with Crippen LogP contribution in [0.25, 0.3) is 0 Å². The molecule has 4 rings (SSSR count). The molecular formula is C17H20N2O2. The SMILES string of the molecule is CCCN1CC2CCC3=CC(=C=O)C(C4CC4)=C(C1=O)N32. The Morgan fingerprint density at radius 3 is 2.81 bits per heavy atom. The number of hydrogen-bond acceptors (Lipinski definition) is 3. The van der Waals surface area contributed by atoms with E-state index >= 15 is 0 Å². The van der Waals surface area contributed by atoms with Crippen molar-refractivity contribution in [1.82, 2.24) is 9.80 Å². The van der Waals surface area contributed by atoms with Crippen LogP contribution in [0.5, 0.6) is 0 Å². The van der Waals surface area contributed by atoms with Crippen molar-refractivity contribution in [2.24, 2.45) is 5.92 Å². The average Bonchev–Trinajstić information content (AvgIpc) is 3.25. The Labute approximate surface area is 124 Å². The molecule has 0 aromatic rings. The third-order valence-electron chi connectivity index (χ3n) is 5.02. The van der Waals surface area contributed by atoms with E-state index in [2.05, 4.69) is 17.8 Å². The highest BCUT2D eigenvalue weighted by atomic mass is 16.2. The molecule has 0 radical (unpaired) electrons. The summed E-state index contributed by atoms with van der Waals surface area (Å²) in [5, 5.41) is 0. The summed E-state index contributed by atoms with van der Waals surface area (Å²) in [4.78, 5) is 28.5. The predicted molar refractivity (Wildman–Crippen MR) is 78.8 cm³/mol. The fraction of sp³-hybridized carbons (Fsp3) is 0.588. The monoisotopic (exact) mass is 284 g/mol. The molecule has 4 nitrogen and oxygen atoms in total. The van der Waals surface area contributed by atoms with Gasteiger partial charge in [-0.05, 0) is 44.1 Å². The number of allylic oxidation sites excluding steroid dienone is 4. The highest BCUT2D eigenvalue weighted by molar-refractivity contribution is 5.98. The molecule has 2 saturated heterocycles. The molecule has 0 N–H and O–H groups in total. The molecule has 0 aromatic heterocycles. The minimum absolute atomic E-state index is 0.121. The van der Waals surface area contributed by atoms with Crippen LogP contribution in [0.1, 0.15) is 39.0 Å². The fourth-order valence-electron chi connectivity index (χ4n) is 3.98. The Balaban J connectivity index is 1.86. The second-order valence-corrected chi connectivity index (χ2v) is 6.50. The van der Waals surface area contributed by atoms with Gasteiger partial charge in [0.15, 0.2) is 0 Å². The number of piperazine rings is 1. The van der Waals surface area contributed by atoms with Crippen molar-refractivity contribution in [2.75, 3.05) is 13.1 Å². The van der Waals surface area contributed by atoms with E-state index in [-0.39, 0.29) is 5.91 Å². The lowest BCUT2D eigenvalue weighted by Gasteiger charge is -2.43. The van der Waals surface area contributed by atoms with Crippen molar-refractivity contribution in [3.05, 3.63) is 28.6 Å². The van der Waals surface area contributed by atoms with Gasteiger partial charge in [-0.1, -0.05) is 6.92 Å². The second-order valence-electron chi connectivity index (χ2n) is 6.50. The zero-order chi connectivity index (χ0) is 14.6. The topological polar surface area (TPSA) is 40.6 Å². The van der Waals surface area contributed by atoms with Gasteiger partial charge in [0, 0.05) is 24.4 Å². The number of hydrogen-bond donors (Lipinski definition) is 0. The maximum Gasteiger partial charge on any atom is 0.270 e. The van der Waals surface area contributed by atoms with Gasteiger partial charge >= 0.3 is 0 Å². The first-order chi connectivity index (χ1) is 10.2. The van der Waals surface area contributed by atoms with Gasteiger partial charge in [0.1, 0.15) is 11.6 Å². The average molecular weight is 284 g/mol. The lowest BCUT2D eigenvalue weighted by Crippen LogP contribution is -2.53. The van der Waals surface area contributed by atoms with Crippen LogP contribution in [0, 0.1) is 5.92 Å². The molecule has 1 amide bonds. The Morgan fingerprint density at radius 2 is 2.14 bits per heavy atom. The summed E-state index contributed by atoms with van der Waals surface area (Å²) >= 11 is 0. The van der Waals surface area contributed by atoms with E-state index in [4.69, 9.17) is 0 Å². The van der Waals surface area contributed by atoms with Crippen LogP contribution in [-0.4, -0.2) is 40.8 Å². The Bertz CT molecular complexity index is 621. The summed E-state index contributed by atoms with van der Waals surface area (Å²) in [6.45, 7) is 3.74. The first kappa shape index (κ1) is 12.9. The zero-order valence-corrected chi connectivity index (χ0v) is 12.4. The lowest BCUT2D eigenvalue weighted by atomic mass is 9.93. The van der Waals surface area contributed by atoms with Gasteiger partial charge in [-0.2, -0.15) is 0 Å². The van der Waals surface area contributed by atoms with Crippen LogP contribution in [-0.2, 0) is 9.59 Å². The van der Waals surface area contributed by atoms with E-state index in [1.807, 2.05) is 11.0 Å². The molecule has 1 aliphatic carbocycles. The summed E-state index contributed by atoms with van der Waals surface area (Å²) in [6.07, 6.45) is 7.17. The van der Waals surface area contributed by atoms with Crippen LogP contribution < -0.4 is 0 Å². The largest absolute Gasteiger partial charge is 0.335 e. The Hall–Kier alpha value is -1.80. The highest BCUT2D eigenvalue weighted by Crippen LogP contribution is 2.49. The number of carbonyl (C=O) groups excluding carboxylic acids is 2. The van der Waals surface area contributed by atoms with E-state index in [0.717, 1.165) is 62.2 Å². The van der Waals surface area contributed by atoms with E-state index in [9.17, 15) is 9.59 Å². The molecule has 3 fully saturated rings. The summed E-state index contributed by atoms with van der Waals surface area (Å²) in [5.41, 5.74) is 3.55. The van der Waals surface area contributed by atoms with Crippen molar-refractivity contribution in [3.63, 3.8) is 0 Å². The van der Waals surface area contributed by atoms with Crippen molar-refractivity contribution in [2.45, 2.75) is 45.1 Å². The second kappa shape index (κ2) is 4.60. The van der Waals surface area contributed by atoms with Gasteiger partial charge in [-0.25, -0.2) is 4.79 Å². The van der Waals surface area contributed by atoms with Gasteiger partial charge in [0.2, 0.25) is 0 Å². The van der Waals surface area contributed by atoms with Crippen LogP contribution >= 0.6 is 0 Å². The standard InChI is InChI=1S/C17H20N2O2/c1-2-7-18-9-14-6-5-13-8-12(10-20)15(11-3-4-11)16(17(18)21)19(13)14/h8,11,14H,2-7,9H2,1H3. The number of carbonyl (C=O) groups is 1. The first-order valence-electron chi connectivity index (χ1n) is 8.03. The van der Waals surface area contributed by atoms with Crippen molar-refractivity contribution in [1.29, 1.82) is 0 Å². The summed E-state index contributed by atoms with van der Waals surface area (Å²) in [5.74, 6) is 2.60. The summed E-state index contributed by atoms with van der Waals surface area (Å²) in [7, 11) is 0. The molecule has 1 atom stereocenters. The van der Waals surface area contributed by atoms with Crippen LogP contribution in [0.3, 0.4) is 0 Å². The van der Waals surface area contributed by atoms with Crippen molar-refractivity contribution < 1.29 is 9.59 Å². The third-order valence-corrected chi connectivity index (χ3v) is 5.02. The molecule has 0 aromatic carbocycles. The minimum Gasteiger partial charge on any atom is -0.335 e. The molecule has 0 bridgehead atoms. The molecule has 0 spiro atoms. The fourth-order valence-corrected chi connectivity index (χ4v) is 3.98. The molecule has 1 saturated carbocycles. The number of nitrogens with zero attached hydrogens (tertiary/aromatic N) is 2. The van der Waals surface area contributed by atoms with E-state index < -0.39 is 0 Å². The summed E-state index contributed by atoms with van der Waals surface area (Å²) < 4.78 is 0. The van der Waals surface area contributed by atoms with Crippen molar-refractivity contribution >= 4 is 11.8 Å². The normalized spacial score (nSPS) is 27.9. The van der Waals surface area contributed by atoms with Crippen molar-refractivity contribution in [3.8, 4) is 0 Å².